The van der Waals surface area contributed by atoms with Gasteiger partial charge in [0, 0.05) is 18.2 Å². The monoisotopic (exact) mass is 358 g/mol. The molecule has 132 valence electrons. The third kappa shape index (κ3) is 5.14. The van der Waals surface area contributed by atoms with Gasteiger partial charge in [-0.25, -0.2) is 13.1 Å². The van der Waals surface area contributed by atoms with E-state index in [0.29, 0.717) is 12.8 Å². The van der Waals surface area contributed by atoms with Crippen molar-refractivity contribution in [3.63, 3.8) is 0 Å². The molecule has 0 heterocycles. The highest BCUT2D eigenvalue weighted by Gasteiger charge is 2.27. The maximum Gasteiger partial charge on any atom is 0.240 e. The second-order valence-corrected chi connectivity index (χ2v) is 8.17. The first-order valence-corrected chi connectivity index (χ1v) is 9.88. The van der Waals surface area contributed by atoms with E-state index in [1.54, 1.807) is 24.3 Å². The molecule has 1 amide bonds. The summed E-state index contributed by atoms with van der Waals surface area (Å²) in [7, 11) is -3.42. The SMILES string of the molecule is Cc1ccc(NC(=O)CCc2ccc(S(=O)(=O)NC3CC3)cc2)cc1. The van der Waals surface area contributed by atoms with Gasteiger partial charge in [0.05, 0.1) is 4.90 Å². The minimum absolute atomic E-state index is 0.0593. The van der Waals surface area contributed by atoms with Gasteiger partial charge in [-0.15, -0.1) is 0 Å². The number of anilines is 1. The molecule has 0 saturated heterocycles. The summed E-state index contributed by atoms with van der Waals surface area (Å²) >= 11 is 0. The lowest BCUT2D eigenvalue weighted by molar-refractivity contribution is -0.116. The van der Waals surface area contributed by atoms with Crippen molar-refractivity contribution in [2.45, 2.75) is 43.5 Å². The average Bonchev–Trinajstić information content (AvgIpc) is 3.39. The molecule has 3 rings (SSSR count). The average molecular weight is 358 g/mol. The minimum Gasteiger partial charge on any atom is -0.326 e. The zero-order valence-electron chi connectivity index (χ0n) is 14.2. The summed E-state index contributed by atoms with van der Waals surface area (Å²) in [4.78, 5) is 12.3. The second kappa shape index (κ2) is 7.37. The summed E-state index contributed by atoms with van der Waals surface area (Å²) in [6.07, 6.45) is 2.73. The Balaban J connectivity index is 1.52. The number of nitrogens with one attached hydrogen (secondary N) is 2. The molecule has 1 aliphatic rings. The number of aryl methyl sites for hydroxylation is 2. The Bertz CT molecular complexity index is 839. The molecule has 1 aliphatic carbocycles. The largest absolute Gasteiger partial charge is 0.326 e. The second-order valence-electron chi connectivity index (χ2n) is 6.45. The molecule has 5 nitrogen and oxygen atoms in total. The highest BCUT2D eigenvalue weighted by Crippen LogP contribution is 2.22. The molecule has 6 heteroatoms. The van der Waals surface area contributed by atoms with Crippen LogP contribution in [0.1, 0.15) is 30.4 Å². The zero-order valence-corrected chi connectivity index (χ0v) is 15.0. The van der Waals surface area contributed by atoms with Crippen molar-refractivity contribution in [2.24, 2.45) is 0 Å². The molecule has 0 aromatic heterocycles. The molecule has 2 aromatic rings. The Morgan fingerprint density at radius 3 is 2.28 bits per heavy atom. The standard InChI is InChI=1S/C19H22N2O3S/c1-14-2-7-16(8-3-14)20-19(22)13-6-15-4-11-18(12-5-15)25(23,24)21-17-9-10-17/h2-5,7-8,11-12,17,21H,6,9-10,13H2,1H3,(H,20,22). The van der Waals surface area contributed by atoms with Crippen LogP contribution in [0.5, 0.6) is 0 Å². The van der Waals surface area contributed by atoms with Crippen LogP contribution in [0.3, 0.4) is 0 Å². The Labute approximate surface area is 148 Å². The van der Waals surface area contributed by atoms with Gasteiger partial charge in [0.2, 0.25) is 15.9 Å². The normalized spacial score (nSPS) is 14.3. The van der Waals surface area contributed by atoms with Crippen LogP contribution >= 0.6 is 0 Å². The zero-order chi connectivity index (χ0) is 17.9. The molecule has 1 fully saturated rings. The Hall–Kier alpha value is -2.18. The van der Waals surface area contributed by atoms with Crippen molar-refractivity contribution >= 4 is 21.6 Å². The molecule has 1 saturated carbocycles. The summed E-state index contributed by atoms with van der Waals surface area (Å²) in [5, 5.41) is 2.86. The van der Waals surface area contributed by atoms with E-state index in [-0.39, 0.29) is 16.8 Å². The predicted octanol–water partition coefficient (Wildman–Crippen LogP) is 3.01. The van der Waals surface area contributed by atoms with Crippen LogP contribution in [0, 0.1) is 6.92 Å². The van der Waals surface area contributed by atoms with Gasteiger partial charge in [-0.3, -0.25) is 4.79 Å². The van der Waals surface area contributed by atoms with Gasteiger partial charge in [0.25, 0.3) is 0 Å². The van der Waals surface area contributed by atoms with E-state index >= 15 is 0 Å². The van der Waals surface area contributed by atoms with E-state index in [9.17, 15) is 13.2 Å². The molecule has 2 aromatic carbocycles. The van der Waals surface area contributed by atoms with Crippen LogP contribution in [0.25, 0.3) is 0 Å². The van der Waals surface area contributed by atoms with Crippen molar-refractivity contribution in [2.75, 3.05) is 5.32 Å². The number of sulfonamides is 1. The fourth-order valence-corrected chi connectivity index (χ4v) is 3.75. The van der Waals surface area contributed by atoms with E-state index in [0.717, 1.165) is 29.7 Å². The smallest absolute Gasteiger partial charge is 0.240 e. The van der Waals surface area contributed by atoms with Gasteiger partial charge in [-0.1, -0.05) is 29.8 Å². The topological polar surface area (TPSA) is 75.3 Å². The van der Waals surface area contributed by atoms with Crippen molar-refractivity contribution in [3.05, 3.63) is 59.7 Å². The van der Waals surface area contributed by atoms with E-state index in [4.69, 9.17) is 0 Å². The van der Waals surface area contributed by atoms with Crippen molar-refractivity contribution in [1.29, 1.82) is 0 Å². The number of hydrogen-bond donors (Lipinski definition) is 2. The Kier molecular flexibility index (Phi) is 5.20. The minimum atomic E-state index is -3.42. The van der Waals surface area contributed by atoms with Gasteiger partial charge in [0.1, 0.15) is 0 Å². The van der Waals surface area contributed by atoms with Crippen molar-refractivity contribution < 1.29 is 13.2 Å². The molecule has 0 spiro atoms. The van der Waals surface area contributed by atoms with Crippen LogP contribution in [-0.2, 0) is 21.2 Å². The molecular formula is C19H22N2O3S. The molecule has 2 N–H and O–H groups in total. The molecule has 0 bridgehead atoms. The maximum absolute atomic E-state index is 12.1. The Morgan fingerprint density at radius 2 is 1.68 bits per heavy atom. The fourth-order valence-electron chi connectivity index (χ4n) is 2.44. The van der Waals surface area contributed by atoms with Gasteiger partial charge in [-0.2, -0.15) is 0 Å². The first-order valence-electron chi connectivity index (χ1n) is 8.40. The lowest BCUT2D eigenvalue weighted by Crippen LogP contribution is -2.25. The predicted molar refractivity (Wildman–Crippen MR) is 97.9 cm³/mol. The third-order valence-corrected chi connectivity index (χ3v) is 5.65. The summed E-state index contributed by atoms with van der Waals surface area (Å²) in [6, 6.07) is 14.5. The summed E-state index contributed by atoms with van der Waals surface area (Å²) in [6.45, 7) is 2.00. The Morgan fingerprint density at radius 1 is 1.04 bits per heavy atom. The van der Waals surface area contributed by atoms with Gasteiger partial charge in [0.15, 0.2) is 0 Å². The molecular weight excluding hydrogens is 336 g/mol. The molecule has 0 radical (unpaired) electrons. The number of amides is 1. The van der Waals surface area contributed by atoms with E-state index in [1.807, 2.05) is 31.2 Å². The maximum atomic E-state index is 12.1. The van der Waals surface area contributed by atoms with E-state index in [1.165, 1.54) is 0 Å². The summed E-state index contributed by atoms with van der Waals surface area (Å²) in [5.41, 5.74) is 2.86. The van der Waals surface area contributed by atoms with E-state index < -0.39 is 10.0 Å². The lowest BCUT2D eigenvalue weighted by atomic mass is 10.1. The number of hydrogen-bond acceptors (Lipinski definition) is 3. The number of carbonyl (C=O) groups is 1. The van der Waals surface area contributed by atoms with Crippen molar-refractivity contribution in [1.82, 2.24) is 4.72 Å². The molecule has 0 aliphatic heterocycles. The van der Waals surface area contributed by atoms with Gasteiger partial charge >= 0.3 is 0 Å². The van der Waals surface area contributed by atoms with E-state index in [2.05, 4.69) is 10.0 Å². The van der Waals surface area contributed by atoms with Crippen LogP contribution in [-0.4, -0.2) is 20.4 Å². The van der Waals surface area contributed by atoms with Crippen LogP contribution < -0.4 is 10.0 Å². The number of carbonyl (C=O) groups excluding carboxylic acids is 1. The molecule has 0 unspecified atom stereocenters. The summed E-state index contributed by atoms with van der Waals surface area (Å²) < 4.78 is 26.9. The number of rotatable bonds is 7. The first kappa shape index (κ1) is 17.6. The number of benzene rings is 2. The quantitative estimate of drug-likeness (QED) is 0.799. The summed E-state index contributed by atoms with van der Waals surface area (Å²) in [5.74, 6) is -0.0593. The first-order chi connectivity index (χ1) is 11.9. The highest BCUT2D eigenvalue weighted by atomic mass is 32.2. The van der Waals surface area contributed by atoms with Gasteiger partial charge in [-0.05, 0) is 56.0 Å². The van der Waals surface area contributed by atoms with Crippen LogP contribution in [0.15, 0.2) is 53.4 Å². The van der Waals surface area contributed by atoms with Crippen LogP contribution in [0.4, 0.5) is 5.69 Å². The van der Waals surface area contributed by atoms with Gasteiger partial charge < -0.3 is 5.32 Å². The fraction of sp³-hybridized carbons (Fsp3) is 0.316. The third-order valence-electron chi connectivity index (χ3n) is 4.11. The highest BCUT2D eigenvalue weighted by molar-refractivity contribution is 7.89. The lowest BCUT2D eigenvalue weighted by Gasteiger charge is -2.08. The molecule has 25 heavy (non-hydrogen) atoms. The molecule has 0 atom stereocenters. The van der Waals surface area contributed by atoms with Crippen LogP contribution in [0.2, 0.25) is 0 Å². The van der Waals surface area contributed by atoms with Crippen molar-refractivity contribution in [3.8, 4) is 0 Å².